The van der Waals surface area contributed by atoms with E-state index >= 15 is 0 Å². The molecule has 1 heterocycles. The van der Waals surface area contributed by atoms with Gasteiger partial charge in [0.25, 0.3) is 0 Å². The van der Waals surface area contributed by atoms with Crippen LogP contribution >= 0.6 is 0 Å². The number of anilines is 1. The quantitative estimate of drug-likeness (QED) is 0.187. The minimum absolute atomic E-state index is 0.237. The van der Waals surface area contributed by atoms with E-state index in [-0.39, 0.29) is 6.10 Å². The molecule has 1 atom stereocenters. The normalized spacial score (nSPS) is 15.1. The molecule has 30 heavy (non-hydrogen) atoms. The second-order valence-corrected chi connectivity index (χ2v) is 11.2. The molecule has 0 aromatic heterocycles. The van der Waals surface area contributed by atoms with Crippen molar-refractivity contribution in [1.82, 2.24) is 0 Å². The number of unbranched alkanes of at least 4 members (excludes halogenated alkanes) is 9. The number of hydrogen-bond acceptors (Lipinski definition) is 3. The highest BCUT2D eigenvalue weighted by Gasteiger charge is 2.14. The Labute approximate surface area is 188 Å². The Balaban J connectivity index is 1.60. The molecule has 1 saturated heterocycles. The SMILES string of the molecule is CCCCCCCCCCCCC(COc1ccc(N2CCCC2)cc1)O[Si](C)C. The summed E-state index contributed by atoms with van der Waals surface area (Å²) in [5.41, 5.74) is 1.32. The topological polar surface area (TPSA) is 21.7 Å². The van der Waals surface area contributed by atoms with Crippen LogP contribution < -0.4 is 9.64 Å². The molecule has 0 bridgehead atoms. The molecule has 1 fully saturated rings. The van der Waals surface area contributed by atoms with Crippen molar-refractivity contribution in [1.29, 1.82) is 0 Å². The zero-order valence-electron chi connectivity index (χ0n) is 20.0. The van der Waals surface area contributed by atoms with Gasteiger partial charge in [-0.05, 0) is 56.6 Å². The fraction of sp³-hybridized carbons (Fsp3) is 0.769. The summed E-state index contributed by atoms with van der Waals surface area (Å²) >= 11 is 0. The molecule has 1 unspecified atom stereocenters. The smallest absolute Gasteiger partial charge is 0.205 e. The van der Waals surface area contributed by atoms with Crippen LogP contribution in [0.1, 0.15) is 90.4 Å². The Morgan fingerprint density at radius 3 is 1.97 bits per heavy atom. The Bertz CT molecular complexity index is 528. The van der Waals surface area contributed by atoms with Crippen molar-refractivity contribution < 1.29 is 9.16 Å². The summed E-state index contributed by atoms with van der Waals surface area (Å²) in [4.78, 5) is 2.46. The molecule has 0 saturated carbocycles. The van der Waals surface area contributed by atoms with Crippen molar-refractivity contribution in [3.8, 4) is 5.75 Å². The minimum Gasteiger partial charge on any atom is -0.491 e. The van der Waals surface area contributed by atoms with Crippen LogP contribution in [-0.4, -0.2) is 34.8 Å². The van der Waals surface area contributed by atoms with E-state index in [1.54, 1.807) is 0 Å². The molecule has 1 aliphatic heterocycles. The van der Waals surface area contributed by atoms with Gasteiger partial charge in [-0.25, -0.2) is 0 Å². The van der Waals surface area contributed by atoms with Crippen molar-refractivity contribution >= 4 is 14.7 Å². The van der Waals surface area contributed by atoms with Gasteiger partial charge < -0.3 is 14.1 Å². The van der Waals surface area contributed by atoms with Gasteiger partial charge in [0.1, 0.15) is 12.4 Å². The number of nitrogens with zero attached hydrogens (tertiary/aromatic N) is 1. The molecule has 4 heteroatoms. The van der Waals surface area contributed by atoms with Crippen LogP contribution in [0.3, 0.4) is 0 Å². The predicted octanol–water partition coefficient (Wildman–Crippen LogP) is 7.61. The van der Waals surface area contributed by atoms with Gasteiger partial charge in [0.15, 0.2) is 0 Å². The van der Waals surface area contributed by atoms with Crippen LogP contribution in [0.15, 0.2) is 24.3 Å². The van der Waals surface area contributed by atoms with Gasteiger partial charge >= 0.3 is 0 Å². The van der Waals surface area contributed by atoms with Crippen LogP contribution in [-0.2, 0) is 4.43 Å². The second-order valence-electron chi connectivity index (χ2n) is 9.12. The first kappa shape index (κ1) is 25.3. The zero-order chi connectivity index (χ0) is 21.4. The molecule has 1 aromatic carbocycles. The molecule has 0 N–H and O–H groups in total. The summed E-state index contributed by atoms with van der Waals surface area (Å²) in [6, 6.07) is 8.64. The summed E-state index contributed by atoms with van der Waals surface area (Å²) in [6.07, 6.45) is 17.8. The highest BCUT2D eigenvalue weighted by molar-refractivity contribution is 6.48. The number of ether oxygens (including phenoxy) is 1. The van der Waals surface area contributed by atoms with Gasteiger partial charge in [-0.2, -0.15) is 0 Å². The predicted molar refractivity (Wildman–Crippen MR) is 132 cm³/mol. The lowest BCUT2D eigenvalue weighted by atomic mass is 10.0. The molecule has 171 valence electrons. The summed E-state index contributed by atoms with van der Waals surface area (Å²) in [5, 5.41) is 0. The number of benzene rings is 1. The Hall–Kier alpha value is -1.00. The summed E-state index contributed by atoms with van der Waals surface area (Å²) < 4.78 is 12.3. The Kier molecular flexibility index (Phi) is 13.3. The molecular formula is C26H46NO2Si. The van der Waals surface area contributed by atoms with Crippen LogP contribution in [0.5, 0.6) is 5.75 Å². The Morgan fingerprint density at radius 1 is 0.833 bits per heavy atom. The lowest BCUT2D eigenvalue weighted by molar-refractivity contribution is 0.119. The third kappa shape index (κ3) is 10.9. The average molecular weight is 433 g/mol. The van der Waals surface area contributed by atoms with Gasteiger partial charge in [0.05, 0.1) is 6.10 Å². The van der Waals surface area contributed by atoms with E-state index in [4.69, 9.17) is 9.16 Å². The first-order valence-electron chi connectivity index (χ1n) is 12.6. The first-order valence-corrected chi connectivity index (χ1v) is 15.0. The fourth-order valence-corrected chi connectivity index (χ4v) is 5.14. The number of rotatable bonds is 17. The maximum Gasteiger partial charge on any atom is 0.205 e. The van der Waals surface area contributed by atoms with Gasteiger partial charge in [-0.3, -0.25) is 0 Å². The van der Waals surface area contributed by atoms with Gasteiger partial charge in [-0.1, -0.05) is 71.1 Å². The monoisotopic (exact) mass is 432 g/mol. The third-order valence-electron chi connectivity index (χ3n) is 6.03. The highest BCUT2D eigenvalue weighted by Crippen LogP contribution is 2.23. The van der Waals surface area contributed by atoms with Crippen molar-refractivity contribution in [3.63, 3.8) is 0 Å². The van der Waals surface area contributed by atoms with Crippen molar-refractivity contribution in [2.24, 2.45) is 0 Å². The maximum atomic E-state index is 6.23. The van der Waals surface area contributed by atoms with Crippen LogP contribution in [0.4, 0.5) is 5.69 Å². The zero-order valence-corrected chi connectivity index (χ0v) is 21.0. The fourth-order valence-electron chi connectivity index (χ4n) is 4.29. The van der Waals surface area contributed by atoms with Gasteiger partial charge in [-0.15, -0.1) is 0 Å². The van der Waals surface area contributed by atoms with Crippen molar-refractivity contribution in [2.45, 2.75) is 110 Å². The molecule has 2 rings (SSSR count). The van der Waals surface area contributed by atoms with E-state index in [0.717, 1.165) is 12.2 Å². The van der Waals surface area contributed by atoms with Crippen LogP contribution in [0.25, 0.3) is 0 Å². The van der Waals surface area contributed by atoms with E-state index < -0.39 is 9.04 Å². The number of hydrogen-bond donors (Lipinski definition) is 0. The third-order valence-corrected chi connectivity index (χ3v) is 6.83. The van der Waals surface area contributed by atoms with E-state index in [9.17, 15) is 0 Å². The lowest BCUT2D eigenvalue weighted by Gasteiger charge is -2.21. The standard InChI is InChI=1S/C26H46NO2Si/c1-4-5-6-7-8-9-10-11-12-13-16-26(29-30(2)3)23-28-25-19-17-24(18-20-25)27-21-14-15-22-27/h17-20,26H,4-16,21-23H2,1-3H3. The first-order chi connectivity index (χ1) is 14.7. The molecule has 1 aromatic rings. The average Bonchev–Trinajstić information content (AvgIpc) is 3.28. The van der Waals surface area contributed by atoms with E-state index in [2.05, 4.69) is 49.2 Å². The molecule has 1 aliphatic rings. The Morgan fingerprint density at radius 2 is 1.40 bits per heavy atom. The molecule has 3 nitrogen and oxygen atoms in total. The minimum atomic E-state index is -0.702. The van der Waals surface area contributed by atoms with E-state index in [1.807, 2.05) is 0 Å². The summed E-state index contributed by atoms with van der Waals surface area (Å²) in [7, 11) is -0.702. The second kappa shape index (κ2) is 15.7. The van der Waals surface area contributed by atoms with Crippen molar-refractivity contribution in [3.05, 3.63) is 24.3 Å². The van der Waals surface area contributed by atoms with E-state index in [1.165, 1.54) is 95.8 Å². The largest absolute Gasteiger partial charge is 0.491 e. The molecule has 0 amide bonds. The molecule has 1 radical (unpaired) electrons. The molecular weight excluding hydrogens is 386 g/mol. The molecule has 0 aliphatic carbocycles. The van der Waals surface area contributed by atoms with Crippen LogP contribution in [0.2, 0.25) is 13.1 Å². The maximum absolute atomic E-state index is 6.23. The summed E-state index contributed by atoms with van der Waals surface area (Å²) in [5.74, 6) is 0.968. The lowest BCUT2D eigenvalue weighted by Crippen LogP contribution is -2.27. The highest BCUT2D eigenvalue weighted by atomic mass is 28.3. The summed E-state index contributed by atoms with van der Waals surface area (Å²) in [6.45, 7) is 9.78. The van der Waals surface area contributed by atoms with Gasteiger partial charge in [0.2, 0.25) is 9.04 Å². The van der Waals surface area contributed by atoms with E-state index in [0.29, 0.717) is 6.61 Å². The molecule has 0 spiro atoms. The van der Waals surface area contributed by atoms with Gasteiger partial charge in [0, 0.05) is 18.8 Å². The van der Waals surface area contributed by atoms with Crippen LogP contribution in [0, 0.1) is 0 Å². The van der Waals surface area contributed by atoms with Crippen molar-refractivity contribution in [2.75, 3.05) is 24.6 Å².